The first-order valence-corrected chi connectivity index (χ1v) is 8.47. The molecule has 1 aromatic rings. The van der Waals surface area contributed by atoms with E-state index in [9.17, 15) is 0 Å². The van der Waals surface area contributed by atoms with E-state index >= 15 is 0 Å². The van der Waals surface area contributed by atoms with Crippen LogP contribution in [0.2, 0.25) is 0 Å². The van der Waals surface area contributed by atoms with Gasteiger partial charge in [-0.15, -0.1) is 0 Å². The summed E-state index contributed by atoms with van der Waals surface area (Å²) in [4.78, 5) is 0. The molecule has 1 aliphatic rings. The van der Waals surface area contributed by atoms with Crippen LogP contribution in [0.15, 0.2) is 27.1 Å². The van der Waals surface area contributed by atoms with Crippen molar-refractivity contribution in [2.45, 2.75) is 53.0 Å². The average Bonchev–Trinajstić information content (AvgIpc) is 2.17. The lowest BCUT2D eigenvalue weighted by Crippen LogP contribution is -2.40. The quantitative estimate of drug-likeness (QED) is 0.633. The maximum atomic E-state index is 3.72. The summed E-state index contributed by atoms with van der Waals surface area (Å²) in [5.74, 6) is 0. The second-order valence-corrected chi connectivity index (χ2v) is 9.15. The molecule has 1 saturated carbocycles. The van der Waals surface area contributed by atoms with Crippen molar-refractivity contribution in [1.29, 1.82) is 0 Å². The molecular formula is C16H23Br2N. The molecule has 0 heterocycles. The van der Waals surface area contributed by atoms with Gasteiger partial charge in [0.15, 0.2) is 0 Å². The summed E-state index contributed by atoms with van der Waals surface area (Å²) in [6.45, 7) is 9.55. The van der Waals surface area contributed by atoms with Gasteiger partial charge in [-0.3, -0.25) is 0 Å². The van der Waals surface area contributed by atoms with E-state index in [4.69, 9.17) is 0 Å². The van der Waals surface area contributed by atoms with Crippen LogP contribution in [0.5, 0.6) is 0 Å². The first kappa shape index (κ1) is 15.4. The molecule has 2 rings (SSSR count). The molecule has 3 heteroatoms. The Morgan fingerprint density at radius 2 is 1.63 bits per heavy atom. The highest BCUT2D eigenvalue weighted by molar-refractivity contribution is 9.11. The number of anilines is 1. The largest absolute Gasteiger partial charge is 0.381 e. The van der Waals surface area contributed by atoms with Crippen LogP contribution in [0, 0.1) is 10.8 Å². The van der Waals surface area contributed by atoms with E-state index in [1.807, 2.05) is 0 Å². The Labute approximate surface area is 133 Å². The van der Waals surface area contributed by atoms with Crippen molar-refractivity contribution >= 4 is 37.5 Å². The highest BCUT2D eigenvalue weighted by Gasteiger charge is 2.38. The van der Waals surface area contributed by atoms with E-state index in [0.29, 0.717) is 16.9 Å². The van der Waals surface area contributed by atoms with Crippen molar-refractivity contribution in [3.05, 3.63) is 27.1 Å². The Morgan fingerprint density at radius 3 is 2.16 bits per heavy atom. The van der Waals surface area contributed by atoms with Gasteiger partial charge in [0, 0.05) is 20.7 Å². The standard InChI is InChI=1S/C16H23Br2N/c1-15(2)8-12(9-16(3,4)10-15)19-14-6-5-11(17)7-13(14)18/h5-7,12,19H,8-10H2,1-4H3. The number of benzene rings is 1. The van der Waals surface area contributed by atoms with E-state index in [1.165, 1.54) is 24.9 Å². The fourth-order valence-corrected chi connectivity index (χ4v) is 4.94. The number of nitrogens with one attached hydrogen (secondary N) is 1. The molecule has 0 bridgehead atoms. The summed E-state index contributed by atoms with van der Waals surface area (Å²) in [7, 11) is 0. The van der Waals surface area contributed by atoms with Crippen LogP contribution in [0.3, 0.4) is 0 Å². The second kappa shape index (κ2) is 5.40. The fraction of sp³-hybridized carbons (Fsp3) is 0.625. The minimum Gasteiger partial charge on any atom is -0.381 e. The molecule has 0 unspecified atom stereocenters. The van der Waals surface area contributed by atoms with Crippen molar-refractivity contribution in [1.82, 2.24) is 0 Å². The van der Waals surface area contributed by atoms with Crippen molar-refractivity contribution < 1.29 is 0 Å². The Bertz CT molecular complexity index is 450. The van der Waals surface area contributed by atoms with Gasteiger partial charge in [-0.25, -0.2) is 0 Å². The van der Waals surface area contributed by atoms with Crippen molar-refractivity contribution in [2.24, 2.45) is 10.8 Å². The van der Waals surface area contributed by atoms with Crippen LogP contribution in [0.25, 0.3) is 0 Å². The maximum absolute atomic E-state index is 3.72. The first-order valence-electron chi connectivity index (χ1n) is 6.89. The van der Waals surface area contributed by atoms with Crippen LogP contribution < -0.4 is 5.32 Å². The van der Waals surface area contributed by atoms with Crippen LogP contribution in [0.4, 0.5) is 5.69 Å². The molecule has 0 aromatic heterocycles. The van der Waals surface area contributed by atoms with Gasteiger partial charge in [0.05, 0.1) is 0 Å². The maximum Gasteiger partial charge on any atom is 0.0487 e. The minimum atomic E-state index is 0.418. The molecule has 0 atom stereocenters. The Hall–Kier alpha value is -0.0200. The zero-order valence-electron chi connectivity index (χ0n) is 12.2. The van der Waals surface area contributed by atoms with Gasteiger partial charge in [0.1, 0.15) is 0 Å². The molecule has 106 valence electrons. The molecule has 0 amide bonds. The predicted molar refractivity (Wildman–Crippen MR) is 90.7 cm³/mol. The zero-order chi connectivity index (χ0) is 14.3. The van der Waals surface area contributed by atoms with Gasteiger partial charge in [-0.2, -0.15) is 0 Å². The van der Waals surface area contributed by atoms with Gasteiger partial charge in [0.25, 0.3) is 0 Å². The molecule has 1 aromatic carbocycles. The molecule has 19 heavy (non-hydrogen) atoms. The monoisotopic (exact) mass is 387 g/mol. The molecule has 1 fully saturated rings. The summed E-state index contributed by atoms with van der Waals surface area (Å²) in [5.41, 5.74) is 2.03. The fourth-order valence-electron chi connectivity index (χ4n) is 3.77. The van der Waals surface area contributed by atoms with Gasteiger partial charge < -0.3 is 5.32 Å². The van der Waals surface area contributed by atoms with Crippen molar-refractivity contribution in [3.8, 4) is 0 Å². The average molecular weight is 389 g/mol. The molecule has 0 aliphatic heterocycles. The van der Waals surface area contributed by atoms with Crippen molar-refractivity contribution in [2.75, 3.05) is 5.32 Å². The normalized spacial score (nSPS) is 22.2. The van der Waals surface area contributed by atoms with Gasteiger partial charge in [-0.1, -0.05) is 43.6 Å². The molecule has 0 spiro atoms. The van der Waals surface area contributed by atoms with E-state index in [2.05, 4.69) is 83.1 Å². The van der Waals surface area contributed by atoms with E-state index in [-0.39, 0.29) is 0 Å². The van der Waals surface area contributed by atoms with Crippen LogP contribution in [-0.2, 0) is 0 Å². The Morgan fingerprint density at radius 1 is 1.05 bits per heavy atom. The topological polar surface area (TPSA) is 12.0 Å². The van der Waals surface area contributed by atoms with E-state index < -0.39 is 0 Å². The molecule has 1 N–H and O–H groups in total. The Kier molecular flexibility index (Phi) is 4.37. The highest BCUT2D eigenvalue weighted by Crippen LogP contribution is 2.46. The minimum absolute atomic E-state index is 0.418. The van der Waals surface area contributed by atoms with E-state index in [0.717, 1.165) is 8.95 Å². The predicted octanol–water partition coefficient (Wildman–Crippen LogP) is 6.23. The lowest BCUT2D eigenvalue weighted by atomic mass is 9.63. The van der Waals surface area contributed by atoms with Crippen molar-refractivity contribution in [3.63, 3.8) is 0 Å². The summed E-state index contributed by atoms with van der Waals surface area (Å²) >= 11 is 7.14. The van der Waals surface area contributed by atoms with Crippen LogP contribution >= 0.6 is 31.9 Å². The smallest absolute Gasteiger partial charge is 0.0487 e. The van der Waals surface area contributed by atoms with Gasteiger partial charge >= 0.3 is 0 Å². The van der Waals surface area contributed by atoms with Gasteiger partial charge in [-0.05, 0) is 64.2 Å². The van der Waals surface area contributed by atoms with Gasteiger partial charge in [0.2, 0.25) is 0 Å². The van der Waals surface area contributed by atoms with Crippen LogP contribution in [0.1, 0.15) is 47.0 Å². The third-order valence-electron chi connectivity index (χ3n) is 3.85. The highest BCUT2D eigenvalue weighted by atomic mass is 79.9. The second-order valence-electron chi connectivity index (χ2n) is 7.38. The summed E-state index contributed by atoms with van der Waals surface area (Å²) in [5, 5.41) is 3.72. The zero-order valence-corrected chi connectivity index (χ0v) is 15.4. The SMILES string of the molecule is CC1(C)CC(Nc2ccc(Br)cc2Br)CC(C)(C)C1. The number of halogens is 2. The molecule has 1 aliphatic carbocycles. The molecular weight excluding hydrogens is 366 g/mol. The number of hydrogen-bond acceptors (Lipinski definition) is 1. The number of hydrogen-bond donors (Lipinski definition) is 1. The summed E-state index contributed by atoms with van der Waals surface area (Å²) in [6.07, 6.45) is 3.78. The molecule has 1 nitrogen and oxygen atoms in total. The Balaban J connectivity index is 2.14. The lowest BCUT2D eigenvalue weighted by molar-refractivity contribution is 0.105. The third kappa shape index (κ3) is 4.22. The third-order valence-corrected chi connectivity index (χ3v) is 5.00. The van der Waals surface area contributed by atoms with Crippen LogP contribution in [-0.4, -0.2) is 6.04 Å². The lowest BCUT2D eigenvalue weighted by Gasteiger charge is -2.45. The molecule has 0 radical (unpaired) electrons. The summed E-state index contributed by atoms with van der Waals surface area (Å²) in [6, 6.07) is 6.88. The van der Waals surface area contributed by atoms with E-state index in [1.54, 1.807) is 0 Å². The number of rotatable bonds is 2. The first-order chi connectivity index (χ1) is 8.67. The summed E-state index contributed by atoms with van der Waals surface area (Å²) < 4.78 is 2.23. The molecule has 0 saturated heterocycles.